The molecule has 1 aliphatic carbocycles. The Kier molecular flexibility index (Phi) is 15.1. The molecule has 20 heteroatoms. The number of anilines is 1. The maximum Gasteiger partial charge on any atom is 0.319 e. The lowest BCUT2D eigenvalue weighted by molar-refractivity contribution is -0.156. The Morgan fingerprint density at radius 1 is 0.909 bits per heavy atom. The number of carbonyl (C=O) groups is 2. The molecule has 0 aromatic heterocycles. The Balaban J connectivity index is 1.74. The van der Waals surface area contributed by atoms with Gasteiger partial charge in [-0.25, -0.2) is 0 Å². The molecule has 298 valence electrons. The van der Waals surface area contributed by atoms with Crippen molar-refractivity contribution in [3.63, 3.8) is 0 Å². The summed E-state index contributed by atoms with van der Waals surface area (Å²) in [5.74, 6) is -4.22. The van der Waals surface area contributed by atoms with E-state index in [4.69, 9.17) is 4.55 Å². The summed E-state index contributed by atoms with van der Waals surface area (Å²) in [5, 5.41) is 14.0. The fourth-order valence-electron chi connectivity index (χ4n) is 5.69. The van der Waals surface area contributed by atoms with Gasteiger partial charge in [0.1, 0.15) is 0 Å². The number of hydrogen-bond acceptors (Lipinski definition) is 12. The molecule has 5 N–H and O–H groups in total. The lowest BCUT2D eigenvalue weighted by Crippen LogP contribution is -2.49. The topological polar surface area (TPSA) is 245 Å². The molecule has 2 aromatic carbocycles. The van der Waals surface area contributed by atoms with E-state index in [1.807, 2.05) is 60.4 Å². The molecule has 0 saturated heterocycles. The number of carbonyl (C=O) groups excluding carboxylic acids is 1. The second kappa shape index (κ2) is 18.9. The number of aliphatic carboxylic acids is 1. The number of amides is 1. The first-order chi connectivity index (χ1) is 25.7. The third-order valence-electron chi connectivity index (χ3n) is 8.31. The van der Waals surface area contributed by atoms with E-state index in [0.29, 0.717) is 21.2 Å². The zero-order chi connectivity index (χ0) is 40.4. The van der Waals surface area contributed by atoms with Crippen molar-refractivity contribution in [1.82, 2.24) is 5.32 Å². The molecule has 0 bridgehead atoms. The summed E-state index contributed by atoms with van der Waals surface area (Å²) < 4.78 is 95.7. The molecule has 0 spiro atoms. The van der Waals surface area contributed by atoms with Crippen LogP contribution >= 0.6 is 23.5 Å². The normalized spacial score (nSPS) is 19.5. The first-order valence-corrected chi connectivity index (χ1v) is 23.2. The summed E-state index contributed by atoms with van der Waals surface area (Å²) in [4.78, 5) is 34.8. The highest BCUT2D eigenvalue weighted by atomic mass is 32.2. The Morgan fingerprint density at radius 3 is 2.24 bits per heavy atom. The number of para-hydroxylation sites is 1. The number of thioether (sulfide) groups is 2. The van der Waals surface area contributed by atoms with Gasteiger partial charge in [-0.15, -0.1) is 0 Å². The highest BCUT2D eigenvalue weighted by Crippen LogP contribution is 2.46. The highest BCUT2D eigenvalue weighted by Gasteiger charge is 2.48. The number of aryl methyl sites for hydroxylation is 1. The van der Waals surface area contributed by atoms with Crippen LogP contribution in [0, 0.1) is 12.3 Å². The number of carboxylic acids is 1. The van der Waals surface area contributed by atoms with Gasteiger partial charge in [0.25, 0.3) is 30.4 Å². The van der Waals surface area contributed by atoms with Crippen LogP contribution in [0.3, 0.4) is 0 Å². The molecule has 1 aliphatic heterocycles. The van der Waals surface area contributed by atoms with Gasteiger partial charge in [0, 0.05) is 29.4 Å². The van der Waals surface area contributed by atoms with Crippen molar-refractivity contribution < 1.29 is 53.6 Å². The van der Waals surface area contributed by atoms with E-state index < -0.39 is 71.4 Å². The summed E-state index contributed by atoms with van der Waals surface area (Å²) in [5.41, 5.74) is 0.453. The van der Waals surface area contributed by atoms with Gasteiger partial charge in [-0.1, -0.05) is 72.1 Å². The molecule has 0 radical (unpaired) electrons. The van der Waals surface area contributed by atoms with E-state index >= 15 is 0 Å². The molecule has 1 heterocycles. The van der Waals surface area contributed by atoms with Gasteiger partial charge in [0.15, 0.2) is 5.41 Å². The molecule has 0 saturated carbocycles. The number of carboxylic acid groups (broad SMARTS) is 1. The zero-order valence-corrected chi connectivity index (χ0v) is 33.6. The lowest BCUT2D eigenvalue weighted by Gasteiger charge is -2.32. The van der Waals surface area contributed by atoms with Crippen molar-refractivity contribution in [1.29, 1.82) is 0 Å². The van der Waals surface area contributed by atoms with E-state index in [1.54, 1.807) is 30.4 Å². The summed E-state index contributed by atoms with van der Waals surface area (Å²) in [6.45, 7) is 1.65. The Morgan fingerprint density at radius 2 is 1.56 bits per heavy atom. The number of benzene rings is 2. The summed E-state index contributed by atoms with van der Waals surface area (Å²) in [7, 11) is -12.9. The van der Waals surface area contributed by atoms with Gasteiger partial charge in [-0.05, 0) is 79.7 Å². The number of nitrogens with zero attached hydrogens (tertiary/aromatic N) is 2. The molecule has 0 fully saturated rings. The van der Waals surface area contributed by atoms with E-state index in [2.05, 4.69) is 10.3 Å². The largest absolute Gasteiger partial charge is 0.480 e. The van der Waals surface area contributed by atoms with Crippen LogP contribution in [0.15, 0.2) is 110 Å². The van der Waals surface area contributed by atoms with E-state index in [9.17, 15) is 49.1 Å². The number of hydrogen-bond donors (Lipinski definition) is 5. The number of allylic oxidation sites excluding steroid dienone is 6. The fourth-order valence-corrected chi connectivity index (χ4v) is 9.02. The number of aliphatic imine (C=N–C) groups is 1. The van der Waals surface area contributed by atoms with Crippen LogP contribution in [0.5, 0.6) is 0 Å². The van der Waals surface area contributed by atoms with Crippen LogP contribution < -0.4 is 10.2 Å². The zero-order valence-electron chi connectivity index (χ0n) is 29.6. The third kappa shape index (κ3) is 13.7. The molecule has 55 heavy (non-hydrogen) atoms. The van der Waals surface area contributed by atoms with Crippen LogP contribution in [0.2, 0.25) is 0 Å². The summed E-state index contributed by atoms with van der Waals surface area (Å²) in [6, 6.07) is 14.9. The van der Waals surface area contributed by atoms with Gasteiger partial charge in [0.2, 0.25) is 5.91 Å². The van der Waals surface area contributed by atoms with Crippen LogP contribution in [0.4, 0.5) is 5.69 Å². The van der Waals surface area contributed by atoms with E-state index in [1.165, 1.54) is 23.5 Å². The van der Waals surface area contributed by atoms with Crippen molar-refractivity contribution in [2.75, 3.05) is 41.8 Å². The monoisotopic (exact) mass is 855 g/mol. The van der Waals surface area contributed by atoms with Crippen LogP contribution in [0.1, 0.15) is 31.2 Å². The minimum atomic E-state index is -4.46. The molecule has 2 aliphatic rings. The number of fused-ring (bicyclic) bond motifs is 1. The van der Waals surface area contributed by atoms with Crippen LogP contribution in [-0.2, 0) is 39.9 Å². The van der Waals surface area contributed by atoms with Crippen molar-refractivity contribution in [2.45, 2.75) is 42.4 Å². The molecule has 1 unspecified atom stereocenters. The van der Waals surface area contributed by atoms with E-state index in [-0.39, 0.29) is 38.8 Å². The molecule has 15 nitrogen and oxygen atoms in total. The summed E-state index contributed by atoms with van der Waals surface area (Å²) >= 11 is 2.67. The summed E-state index contributed by atoms with van der Waals surface area (Å²) in [6.07, 6.45) is 7.83. The van der Waals surface area contributed by atoms with Gasteiger partial charge in [-0.2, -0.15) is 25.3 Å². The maximum atomic E-state index is 13.6. The predicted octanol–water partition coefficient (Wildman–Crippen LogP) is 4.77. The molecule has 4 rings (SSSR count). The lowest BCUT2D eigenvalue weighted by atomic mass is 9.71. The average Bonchev–Trinajstić information content (AvgIpc) is 3.44. The van der Waals surface area contributed by atoms with Crippen molar-refractivity contribution in [3.05, 3.63) is 101 Å². The standard InChI is InChI=1S/C35H41N3O12S5/c1-25-8-2-4-10-29(25)51-31(36-16-6-19-53(42,43)44)14-12-26-22-27(24-35(23-26,34(40)41)33(39)37-17-21-55(48,49)50)13-15-32-38(18-7-20-54(45,46)47)28-9-3-5-11-30(28)52-32/h2-5,8-15,22H,6-7,16-21,23-24H2,1H3,(H,37,39)(H,40,41)(H,42,43,44)(H,45,46,47)(H,48,49,50)/b14-12+,27-13-,32-15-,36-31+. The van der Waals surface area contributed by atoms with Crippen LogP contribution in [-0.4, -0.2) is 97.8 Å². The van der Waals surface area contributed by atoms with Crippen molar-refractivity contribution in [2.24, 2.45) is 10.4 Å². The minimum absolute atomic E-state index is 0.0370. The fraction of sp³-hybridized carbons (Fsp3) is 0.343. The second-order valence-corrected chi connectivity index (χ2v) is 19.5. The first-order valence-electron chi connectivity index (χ1n) is 16.7. The van der Waals surface area contributed by atoms with Gasteiger partial charge in [0.05, 0.1) is 33.0 Å². The number of rotatable bonds is 17. The minimum Gasteiger partial charge on any atom is -0.480 e. The van der Waals surface area contributed by atoms with Gasteiger partial charge in [-0.3, -0.25) is 28.2 Å². The molecule has 1 atom stereocenters. The maximum absolute atomic E-state index is 13.6. The molecular formula is C35H41N3O12S5. The average molecular weight is 856 g/mol. The van der Waals surface area contributed by atoms with Crippen molar-refractivity contribution in [3.8, 4) is 0 Å². The van der Waals surface area contributed by atoms with Crippen molar-refractivity contribution >= 4 is 76.5 Å². The Bertz CT molecular complexity index is 2270. The van der Waals surface area contributed by atoms with E-state index in [0.717, 1.165) is 21.0 Å². The Hall–Kier alpha value is -3.76. The highest BCUT2D eigenvalue weighted by molar-refractivity contribution is 8.14. The molecule has 2 aromatic rings. The predicted molar refractivity (Wildman–Crippen MR) is 213 cm³/mol. The second-order valence-electron chi connectivity index (χ2n) is 12.7. The first kappa shape index (κ1) is 44.0. The number of nitrogens with one attached hydrogen (secondary N) is 1. The smallest absolute Gasteiger partial charge is 0.319 e. The molecule has 1 amide bonds. The van der Waals surface area contributed by atoms with Gasteiger partial charge >= 0.3 is 5.97 Å². The SMILES string of the molecule is Cc1ccccc1SC(/C=C/C1=CC(=C/C=C2\Sc3ccccc3N2CCCS(=O)(=O)O)/CC(C(=O)O)(C(=O)NCCS(=O)(=O)O)C1)=N/CCCS(=O)(=O)O. The quantitative estimate of drug-likeness (QED) is 0.0359. The van der Waals surface area contributed by atoms with Crippen LogP contribution in [0.25, 0.3) is 0 Å². The van der Waals surface area contributed by atoms with Gasteiger partial charge < -0.3 is 15.3 Å². The Labute approximate surface area is 329 Å². The molecular weight excluding hydrogens is 815 g/mol. The third-order valence-corrected chi connectivity index (χ3v) is 12.9.